The number of esters is 3. The second kappa shape index (κ2) is 13.4. The van der Waals surface area contributed by atoms with Crippen molar-refractivity contribution in [2.75, 3.05) is 38.3 Å². The highest BCUT2D eigenvalue weighted by atomic mass is 16.7. The molecule has 3 rings (SSSR count). The number of anilines is 1. The zero-order valence-corrected chi connectivity index (χ0v) is 24.8. The number of ether oxygens (including phenoxy) is 5. The van der Waals surface area contributed by atoms with Crippen molar-refractivity contribution in [1.29, 1.82) is 0 Å². The highest BCUT2D eigenvalue weighted by molar-refractivity contribution is 6.06. The smallest absolute Gasteiger partial charge is 0.346 e. The van der Waals surface area contributed by atoms with E-state index in [1.165, 1.54) is 13.8 Å². The molecular weight excluding hydrogens is 548 g/mol. The molecular formula is C30H38N2O10. The molecule has 0 N–H and O–H groups in total. The molecule has 42 heavy (non-hydrogen) atoms. The number of urea groups is 1. The van der Waals surface area contributed by atoms with Gasteiger partial charge in [0.1, 0.15) is 6.10 Å². The largest absolute Gasteiger partial charge is 0.463 e. The summed E-state index contributed by atoms with van der Waals surface area (Å²) in [6, 6.07) is 6.79. The first-order chi connectivity index (χ1) is 19.8. The minimum atomic E-state index is -2.08. The number of carbonyl (C=O) groups excluding carboxylic acids is 5. The van der Waals surface area contributed by atoms with Gasteiger partial charge >= 0.3 is 23.9 Å². The van der Waals surface area contributed by atoms with E-state index in [1.807, 2.05) is 0 Å². The standard InChI is InChI=1S/C30H38N2O10/c1-8-29(6)24(42-26(41-21(5)35)25(29)40-20(4)34)18-39-30(19(3)33,27(36)38-9-2)17-22-11-13-23(14-12-22)32-16-10-15-31(7)28(32)37/h1,11-14,24-26H,9-10,15-18H2,2-7H3/t24-,25+,26?,29+,30?/m1/s1. The van der Waals surface area contributed by atoms with Crippen LogP contribution in [0.4, 0.5) is 10.5 Å². The van der Waals surface area contributed by atoms with Crippen LogP contribution in [0.15, 0.2) is 24.3 Å². The Hall–Kier alpha value is -3.95. The summed E-state index contributed by atoms with van der Waals surface area (Å²) < 4.78 is 27.8. The molecule has 1 aromatic carbocycles. The van der Waals surface area contributed by atoms with Crippen LogP contribution in [0.25, 0.3) is 0 Å². The monoisotopic (exact) mass is 586 g/mol. The number of hydrogen-bond donors (Lipinski definition) is 0. The van der Waals surface area contributed by atoms with Gasteiger partial charge in [-0.3, -0.25) is 19.3 Å². The highest BCUT2D eigenvalue weighted by Crippen LogP contribution is 2.42. The lowest BCUT2D eigenvalue weighted by atomic mass is 9.81. The molecule has 0 bridgehead atoms. The molecule has 2 unspecified atom stereocenters. The summed E-state index contributed by atoms with van der Waals surface area (Å²) in [5.41, 5.74) is -2.17. The Morgan fingerprint density at radius 3 is 2.29 bits per heavy atom. The van der Waals surface area contributed by atoms with Gasteiger partial charge in [-0.2, -0.15) is 0 Å². The summed E-state index contributed by atoms with van der Waals surface area (Å²) in [6.45, 7) is 7.57. The highest BCUT2D eigenvalue weighted by Gasteiger charge is 2.58. The molecule has 5 atom stereocenters. The maximum absolute atomic E-state index is 13.3. The maximum atomic E-state index is 13.3. The minimum absolute atomic E-state index is 0.00813. The Labute approximate surface area is 245 Å². The van der Waals surface area contributed by atoms with Crippen molar-refractivity contribution < 1.29 is 47.7 Å². The van der Waals surface area contributed by atoms with Crippen LogP contribution in [-0.2, 0) is 49.3 Å². The molecule has 2 amide bonds. The van der Waals surface area contributed by atoms with E-state index < -0.39 is 59.8 Å². The van der Waals surface area contributed by atoms with Crippen LogP contribution < -0.4 is 4.90 Å². The van der Waals surface area contributed by atoms with Crippen LogP contribution >= 0.6 is 0 Å². The average molecular weight is 587 g/mol. The van der Waals surface area contributed by atoms with Gasteiger partial charge in [0.05, 0.1) is 18.6 Å². The van der Waals surface area contributed by atoms with E-state index in [4.69, 9.17) is 30.1 Å². The fourth-order valence-corrected chi connectivity index (χ4v) is 5.04. The molecule has 0 spiro atoms. The third-order valence-corrected chi connectivity index (χ3v) is 7.48. The van der Waals surface area contributed by atoms with Gasteiger partial charge in [-0.1, -0.05) is 18.1 Å². The second-order valence-electron chi connectivity index (χ2n) is 10.5. The first kappa shape index (κ1) is 32.6. The Kier molecular flexibility index (Phi) is 10.4. The van der Waals surface area contributed by atoms with E-state index in [9.17, 15) is 24.0 Å². The molecule has 0 aromatic heterocycles. The summed E-state index contributed by atoms with van der Waals surface area (Å²) in [5.74, 6) is -0.329. The van der Waals surface area contributed by atoms with Crippen molar-refractivity contribution in [3.63, 3.8) is 0 Å². The summed E-state index contributed by atoms with van der Waals surface area (Å²) in [7, 11) is 1.74. The number of rotatable bonds is 11. The minimum Gasteiger partial charge on any atom is -0.463 e. The maximum Gasteiger partial charge on any atom is 0.346 e. The second-order valence-corrected chi connectivity index (χ2v) is 10.5. The molecule has 12 heteroatoms. The number of benzene rings is 1. The molecule has 2 aliphatic rings. The van der Waals surface area contributed by atoms with Gasteiger partial charge in [0.15, 0.2) is 11.9 Å². The van der Waals surface area contributed by atoms with Gasteiger partial charge in [0.25, 0.3) is 0 Å². The third-order valence-electron chi connectivity index (χ3n) is 7.48. The number of Topliss-reactive ketones (excluding diaryl/α,β-unsaturated/α-hetero) is 1. The lowest BCUT2D eigenvalue weighted by Crippen LogP contribution is -2.53. The fraction of sp³-hybridized carbons (Fsp3) is 0.567. The Morgan fingerprint density at radius 2 is 1.74 bits per heavy atom. The van der Waals surface area contributed by atoms with Crippen LogP contribution in [0.2, 0.25) is 0 Å². The molecule has 2 fully saturated rings. The van der Waals surface area contributed by atoms with E-state index in [0.29, 0.717) is 24.3 Å². The molecule has 0 radical (unpaired) electrons. The molecule has 0 aliphatic carbocycles. The van der Waals surface area contributed by atoms with Crippen molar-refractivity contribution >= 4 is 35.4 Å². The molecule has 2 heterocycles. The van der Waals surface area contributed by atoms with Crippen molar-refractivity contribution in [1.82, 2.24) is 4.90 Å². The number of terminal acetylenes is 1. The lowest BCUT2D eigenvalue weighted by Gasteiger charge is -2.34. The number of carbonyl (C=O) groups is 5. The van der Waals surface area contributed by atoms with Crippen molar-refractivity contribution in [2.45, 2.75) is 71.6 Å². The number of nitrogens with zero attached hydrogens (tertiary/aromatic N) is 2. The van der Waals surface area contributed by atoms with Gasteiger partial charge < -0.3 is 28.6 Å². The number of amides is 2. The van der Waals surface area contributed by atoms with Gasteiger partial charge in [-0.15, -0.1) is 6.42 Å². The normalized spacial score (nSPS) is 25.3. The van der Waals surface area contributed by atoms with E-state index in [1.54, 1.807) is 55.0 Å². The van der Waals surface area contributed by atoms with Crippen LogP contribution in [0.5, 0.6) is 0 Å². The quantitative estimate of drug-likeness (QED) is 0.164. The molecule has 228 valence electrons. The Morgan fingerprint density at radius 1 is 1.10 bits per heavy atom. The van der Waals surface area contributed by atoms with Crippen LogP contribution in [0.1, 0.15) is 46.6 Å². The Bertz CT molecular complexity index is 1240. The summed E-state index contributed by atoms with van der Waals surface area (Å²) in [4.78, 5) is 65.9. The van der Waals surface area contributed by atoms with Gasteiger partial charge in [0, 0.05) is 46.1 Å². The van der Waals surface area contributed by atoms with E-state index in [-0.39, 0.29) is 19.1 Å². The predicted molar refractivity (Wildman–Crippen MR) is 149 cm³/mol. The van der Waals surface area contributed by atoms with Gasteiger partial charge in [0.2, 0.25) is 11.9 Å². The van der Waals surface area contributed by atoms with E-state index in [2.05, 4.69) is 5.92 Å². The number of hydrogen-bond acceptors (Lipinski definition) is 10. The number of ketones is 1. The predicted octanol–water partition coefficient (Wildman–Crippen LogP) is 2.26. The average Bonchev–Trinajstić information content (AvgIpc) is 3.18. The first-order valence-electron chi connectivity index (χ1n) is 13.7. The Balaban J connectivity index is 1.90. The third kappa shape index (κ3) is 6.74. The van der Waals surface area contributed by atoms with Gasteiger partial charge in [-0.05, 0) is 44.9 Å². The van der Waals surface area contributed by atoms with E-state index >= 15 is 0 Å². The van der Waals surface area contributed by atoms with E-state index in [0.717, 1.165) is 13.3 Å². The lowest BCUT2D eigenvalue weighted by molar-refractivity contribution is -0.201. The first-order valence-corrected chi connectivity index (χ1v) is 13.7. The van der Waals surface area contributed by atoms with Crippen molar-refractivity contribution in [2.24, 2.45) is 5.41 Å². The summed E-state index contributed by atoms with van der Waals surface area (Å²) in [6.07, 6.45) is 2.92. The van der Waals surface area contributed by atoms with Crippen molar-refractivity contribution in [3.8, 4) is 12.3 Å². The van der Waals surface area contributed by atoms with Gasteiger partial charge in [-0.25, -0.2) is 9.59 Å². The molecule has 2 aliphatic heterocycles. The molecule has 12 nitrogen and oxygen atoms in total. The van der Waals surface area contributed by atoms with Crippen LogP contribution in [-0.4, -0.2) is 92.1 Å². The van der Waals surface area contributed by atoms with Crippen LogP contribution in [0, 0.1) is 17.8 Å². The van der Waals surface area contributed by atoms with Crippen molar-refractivity contribution in [3.05, 3.63) is 29.8 Å². The topological polar surface area (TPSA) is 138 Å². The molecule has 1 aromatic rings. The zero-order chi connectivity index (χ0) is 31.2. The zero-order valence-electron chi connectivity index (χ0n) is 24.8. The summed E-state index contributed by atoms with van der Waals surface area (Å²) in [5, 5.41) is 0. The molecule has 0 saturated carbocycles. The molecule has 2 saturated heterocycles. The van der Waals surface area contributed by atoms with Crippen LogP contribution in [0.3, 0.4) is 0 Å². The SMILES string of the molecule is C#C[C@@]1(C)[C@@H](COC(Cc2ccc(N3CCCN(C)C3=O)cc2)(C(C)=O)C(=O)OCC)OC(OC(C)=O)[C@@H]1OC(C)=O. The fourth-order valence-electron chi connectivity index (χ4n) is 5.04. The summed E-state index contributed by atoms with van der Waals surface area (Å²) >= 11 is 0.